The summed E-state index contributed by atoms with van der Waals surface area (Å²) in [5.74, 6) is 0.440. The lowest BCUT2D eigenvalue weighted by Crippen LogP contribution is -2.37. The van der Waals surface area contributed by atoms with Crippen LogP contribution in [0.4, 0.5) is 10.6 Å². The number of anilines is 1. The van der Waals surface area contributed by atoms with E-state index in [2.05, 4.69) is 10.3 Å². The number of hydrogen-bond donors (Lipinski definition) is 1. The van der Waals surface area contributed by atoms with Crippen LogP contribution in [0.25, 0.3) is 10.9 Å². The minimum absolute atomic E-state index is 0.0472. The van der Waals surface area contributed by atoms with Gasteiger partial charge in [-0.1, -0.05) is 24.3 Å². The Hall–Kier alpha value is -4.90. The van der Waals surface area contributed by atoms with Gasteiger partial charge in [0, 0.05) is 66.5 Å². The smallest absolute Gasteiger partial charge is 0.325 e. The molecule has 0 atom stereocenters. The predicted octanol–water partition coefficient (Wildman–Crippen LogP) is 7.40. The van der Waals surface area contributed by atoms with E-state index in [-0.39, 0.29) is 47.1 Å². The number of imide groups is 1. The number of nitrogens with one attached hydrogen (secondary N) is 1. The normalized spacial score (nSPS) is 10.9. The number of carbonyl (C=O) groups is 3. The predicted molar refractivity (Wildman–Crippen MR) is 181 cm³/mol. The van der Waals surface area contributed by atoms with Crippen LogP contribution in [-0.4, -0.2) is 54.3 Å². The molecule has 0 fully saturated rings. The van der Waals surface area contributed by atoms with Crippen molar-refractivity contribution < 1.29 is 28.6 Å². The molecule has 0 aliphatic rings. The monoisotopic (exact) mass is 674 g/mol. The molecule has 0 unspecified atom stereocenters. The summed E-state index contributed by atoms with van der Waals surface area (Å²) >= 11 is 11.9. The topological polar surface area (TPSA) is 112 Å². The largest absolute Gasteiger partial charge is 0.487 e. The number of alkyl halides is 2. The lowest BCUT2D eigenvalue weighted by molar-refractivity contribution is 0.0896. The minimum atomic E-state index is -0.584. The van der Waals surface area contributed by atoms with Crippen molar-refractivity contribution in [3.05, 3.63) is 114 Å². The van der Waals surface area contributed by atoms with Crippen LogP contribution in [0.15, 0.2) is 91.3 Å². The van der Waals surface area contributed by atoms with Crippen LogP contribution in [0.3, 0.4) is 0 Å². The Bertz CT molecular complexity index is 1820. The van der Waals surface area contributed by atoms with Gasteiger partial charge in [0.2, 0.25) is 0 Å². The average Bonchev–Trinajstić information content (AvgIpc) is 3.52. The summed E-state index contributed by atoms with van der Waals surface area (Å²) in [6.07, 6.45) is 3.10. The maximum Gasteiger partial charge on any atom is 0.325 e. The molecule has 0 radical (unpaired) electrons. The molecule has 242 valence electrons. The van der Waals surface area contributed by atoms with Gasteiger partial charge in [0.1, 0.15) is 18.2 Å². The van der Waals surface area contributed by atoms with Crippen molar-refractivity contribution in [1.82, 2.24) is 14.9 Å². The van der Waals surface area contributed by atoms with Crippen LogP contribution < -0.4 is 19.7 Å². The number of hydrogen-bond acceptors (Lipinski definition) is 7. The zero-order valence-electron chi connectivity index (χ0n) is 25.7. The third-order valence-corrected chi connectivity index (χ3v) is 7.79. The second-order valence-corrected chi connectivity index (χ2v) is 10.7. The highest BCUT2D eigenvalue weighted by Crippen LogP contribution is 2.37. The Kier molecular flexibility index (Phi) is 11.1. The number of fused-ring (bicyclic) bond motifs is 1. The highest BCUT2D eigenvalue weighted by molar-refractivity contribution is 6.25. The molecule has 0 saturated carbocycles. The first-order chi connectivity index (χ1) is 22.9. The molecule has 12 heteroatoms. The van der Waals surface area contributed by atoms with Gasteiger partial charge in [0.25, 0.3) is 11.8 Å². The van der Waals surface area contributed by atoms with E-state index in [1.54, 1.807) is 86.0 Å². The molecule has 10 nitrogen and oxygen atoms in total. The first-order valence-corrected chi connectivity index (χ1v) is 15.8. The fourth-order valence-electron chi connectivity index (χ4n) is 4.73. The van der Waals surface area contributed by atoms with Crippen LogP contribution in [-0.2, 0) is 16.5 Å². The van der Waals surface area contributed by atoms with Crippen molar-refractivity contribution in [2.75, 3.05) is 31.8 Å². The molecule has 5 aromatic rings. The number of rotatable bonds is 12. The molecule has 2 heterocycles. The third kappa shape index (κ3) is 7.74. The molecule has 0 spiro atoms. The van der Waals surface area contributed by atoms with Gasteiger partial charge in [0.15, 0.2) is 11.5 Å². The Labute approximate surface area is 281 Å². The number of carbonyl (C=O) groups excluding carboxylic acids is 3. The number of pyridine rings is 1. The number of nitrogens with zero attached hydrogens (tertiary/aromatic N) is 3. The van der Waals surface area contributed by atoms with Crippen LogP contribution in [0.1, 0.15) is 38.8 Å². The summed E-state index contributed by atoms with van der Waals surface area (Å²) in [6, 6.07) is 21.4. The summed E-state index contributed by atoms with van der Waals surface area (Å²) in [6.45, 7) is 3.01. The Balaban J connectivity index is 1.53. The van der Waals surface area contributed by atoms with Gasteiger partial charge in [-0.05, 0) is 60.5 Å². The number of amides is 3. The number of ether oxygens (including phenoxy) is 3. The van der Waals surface area contributed by atoms with Gasteiger partial charge >= 0.3 is 6.03 Å². The van der Waals surface area contributed by atoms with Crippen molar-refractivity contribution in [1.29, 1.82) is 0 Å². The molecular formula is C35H32Cl2N4O6. The molecule has 47 heavy (non-hydrogen) atoms. The molecular weight excluding hydrogens is 643 g/mol. The van der Waals surface area contributed by atoms with Gasteiger partial charge in [0.05, 0.1) is 12.1 Å². The van der Waals surface area contributed by atoms with Crippen molar-refractivity contribution in [2.45, 2.75) is 18.7 Å². The molecule has 5 rings (SSSR count). The Morgan fingerprint density at radius 2 is 1.47 bits per heavy atom. The standard InChI is InChI=1S/C35H32Cl2N4O6/c1-3-45-16-17-46-30-20-29-27(13-15-40(29)35(44)38-2)18-31(30)47-28-12-14-39-32(19-28)41(33(42)25-8-4-23(21-36)5-9-25)34(43)26-10-6-24(22-37)7-11-26/h4-15,18-20H,3,16-17,21-22H2,1-2H3,(H,38,44). The van der Waals surface area contributed by atoms with Gasteiger partial charge in [-0.3, -0.25) is 14.2 Å². The van der Waals surface area contributed by atoms with Crippen molar-refractivity contribution >= 4 is 57.8 Å². The summed E-state index contributed by atoms with van der Waals surface area (Å²) in [5.41, 5.74) is 2.81. The highest BCUT2D eigenvalue weighted by Gasteiger charge is 2.28. The summed E-state index contributed by atoms with van der Waals surface area (Å²) in [4.78, 5) is 45.6. The van der Waals surface area contributed by atoms with E-state index < -0.39 is 11.8 Å². The SMILES string of the molecule is CCOCCOc1cc2c(ccn2C(=O)NC)cc1Oc1ccnc(N(C(=O)c2ccc(CCl)cc2)C(=O)c2ccc(CCl)cc2)c1. The molecule has 0 bridgehead atoms. The molecule has 0 aliphatic carbocycles. The van der Waals surface area contributed by atoms with E-state index in [1.165, 1.54) is 16.8 Å². The molecule has 3 amide bonds. The molecule has 1 N–H and O–H groups in total. The first-order valence-electron chi connectivity index (χ1n) is 14.8. The average molecular weight is 676 g/mol. The van der Waals surface area contributed by atoms with Crippen LogP contribution in [0.2, 0.25) is 0 Å². The van der Waals surface area contributed by atoms with Crippen LogP contribution >= 0.6 is 23.2 Å². The lowest BCUT2D eigenvalue weighted by atomic mass is 10.1. The number of benzene rings is 3. The van der Waals surface area contributed by atoms with Crippen LogP contribution in [0.5, 0.6) is 17.2 Å². The fraction of sp³-hybridized carbons (Fsp3) is 0.200. The Morgan fingerprint density at radius 3 is 2.04 bits per heavy atom. The number of aromatic nitrogens is 2. The fourth-order valence-corrected chi connectivity index (χ4v) is 5.09. The zero-order chi connectivity index (χ0) is 33.3. The van der Waals surface area contributed by atoms with Gasteiger partial charge in [-0.2, -0.15) is 0 Å². The van der Waals surface area contributed by atoms with Gasteiger partial charge in [-0.25, -0.2) is 14.7 Å². The third-order valence-electron chi connectivity index (χ3n) is 7.17. The quantitative estimate of drug-likeness (QED) is 0.0834. The van der Waals surface area contributed by atoms with E-state index in [9.17, 15) is 14.4 Å². The summed E-state index contributed by atoms with van der Waals surface area (Å²) < 4.78 is 19.2. The van der Waals surface area contributed by atoms with Crippen molar-refractivity contribution in [3.8, 4) is 17.2 Å². The van der Waals surface area contributed by atoms with E-state index in [1.807, 2.05) is 6.92 Å². The van der Waals surface area contributed by atoms with Crippen LogP contribution in [0, 0.1) is 0 Å². The summed E-state index contributed by atoms with van der Waals surface area (Å²) in [5, 5.41) is 3.34. The molecule has 0 saturated heterocycles. The molecule has 2 aromatic heterocycles. The van der Waals surface area contributed by atoms with E-state index in [0.717, 1.165) is 21.4 Å². The maximum absolute atomic E-state index is 13.9. The molecule has 3 aromatic carbocycles. The lowest BCUT2D eigenvalue weighted by Gasteiger charge is -2.21. The Morgan fingerprint density at radius 1 is 0.830 bits per heavy atom. The second kappa shape index (κ2) is 15.6. The number of halogens is 2. The first kappa shape index (κ1) is 33.5. The van der Waals surface area contributed by atoms with Crippen molar-refractivity contribution in [2.24, 2.45) is 0 Å². The molecule has 0 aliphatic heterocycles. The highest BCUT2D eigenvalue weighted by atomic mass is 35.5. The van der Waals surface area contributed by atoms with E-state index in [0.29, 0.717) is 30.2 Å². The van der Waals surface area contributed by atoms with E-state index in [4.69, 9.17) is 37.4 Å². The van der Waals surface area contributed by atoms with Gasteiger partial charge < -0.3 is 19.5 Å². The van der Waals surface area contributed by atoms with E-state index >= 15 is 0 Å². The van der Waals surface area contributed by atoms with Crippen molar-refractivity contribution in [3.63, 3.8) is 0 Å². The minimum Gasteiger partial charge on any atom is -0.487 e. The maximum atomic E-state index is 13.9. The zero-order valence-corrected chi connectivity index (χ0v) is 27.3. The summed E-state index contributed by atoms with van der Waals surface area (Å²) in [7, 11) is 1.55. The second-order valence-electron chi connectivity index (χ2n) is 10.2. The van der Waals surface area contributed by atoms with Gasteiger partial charge in [-0.15, -0.1) is 23.2 Å².